The number of para-hydroxylation sites is 1. The summed E-state index contributed by atoms with van der Waals surface area (Å²) in [4.78, 5) is 0. The van der Waals surface area contributed by atoms with Crippen LogP contribution >= 0.6 is 11.6 Å². The van der Waals surface area contributed by atoms with Gasteiger partial charge in [-0.2, -0.15) is 0 Å². The van der Waals surface area contributed by atoms with Crippen molar-refractivity contribution in [1.82, 2.24) is 14.8 Å². The van der Waals surface area contributed by atoms with Gasteiger partial charge in [-0.3, -0.25) is 0 Å². The predicted molar refractivity (Wildman–Crippen MR) is 142 cm³/mol. The van der Waals surface area contributed by atoms with Gasteiger partial charge in [0.1, 0.15) is 11.9 Å². The van der Waals surface area contributed by atoms with Crippen molar-refractivity contribution in [3.05, 3.63) is 113 Å². The highest BCUT2D eigenvalue weighted by molar-refractivity contribution is 6.31. The van der Waals surface area contributed by atoms with Gasteiger partial charge in [-0.05, 0) is 55.5 Å². The number of aromatic nitrogens is 3. The lowest BCUT2D eigenvalue weighted by atomic mass is 10.1. The Hall–Kier alpha value is -4.16. The minimum Gasteiger partial charge on any atom is -0.418 e. The van der Waals surface area contributed by atoms with Gasteiger partial charge in [0.05, 0.1) is 0 Å². The van der Waals surface area contributed by atoms with Gasteiger partial charge in [0.15, 0.2) is 0 Å². The Labute approximate surface area is 212 Å². The van der Waals surface area contributed by atoms with Crippen molar-refractivity contribution < 1.29 is 8.81 Å². The molecule has 6 rings (SSSR count). The zero-order valence-corrected chi connectivity index (χ0v) is 20.2. The van der Waals surface area contributed by atoms with Gasteiger partial charge in [-0.1, -0.05) is 54.1 Å². The maximum atomic E-state index is 13.9. The van der Waals surface area contributed by atoms with E-state index in [0.29, 0.717) is 17.3 Å². The molecule has 1 N–H and O–H groups in total. The molecule has 4 aromatic carbocycles. The van der Waals surface area contributed by atoms with E-state index in [4.69, 9.17) is 16.0 Å². The standard InChI is InChI=1S/C29H22ClFN4O/c1-2-35-25-11-7-6-10-21(25)23-17-20(13-15-26(23)35)32-27(22-14-12-19(31)16-24(22)30)29-34-33-28(36-29)18-8-4-3-5-9-18/h3-17,27,32H,2H2,1H3/t27-/m0/s1. The second kappa shape index (κ2) is 9.13. The number of hydrogen-bond acceptors (Lipinski definition) is 4. The second-order valence-corrected chi connectivity index (χ2v) is 8.96. The van der Waals surface area contributed by atoms with E-state index in [1.807, 2.05) is 42.5 Å². The first-order valence-electron chi connectivity index (χ1n) is 11.7. The Kier molecular flexibility index (Phi) is 5.66. The molecule has 178 valence electrons. The maximum Gasteiger partial charge on any atom is 0.247 e. The molecule has 36 heavy (non-hydrogen) atoms. The van der Waals surface area contributed by atoms with Crippen LogP contribution in [0.25, 0.3) is 33.3 Å². The Balaban J connectivity index is 1.45. The molecule has 0 unspecified atom stereocenters. The number of anilines is 1. The van der Waals surface area contributed by atoms with Gasteiger partial charge < -0.3 is 14.3 Å². The van der Waals surface area contributed by atoms with Gasteiger partial charge in [0.2, 0.25) is 11.8 Å². The largest absolute Gasteiger partial charge is 0.418 e. The van der Waals surface area contributed by atoms with Crippen LogP contribution in [0.2, 0.25) is 5.02 Å². The fourth-order valence-corrected chi connectivity index (χ4v) is 4.98. The van der Waals surface area contributed by atoms with E-state index in [1.165, 1.54) is 23.0 Å². The Morgan fingerprint density at radius 1 is 0.889 bits per heavy atom. The van der Waals surface area contributed by atoms with Crippen LogP contribution in [0.15, 0.2) is 95.4 Å². The first-order valence-corrected chi connectivity index (χ1v) is 12.1. The smallest absolute Gasteiger partial charge is 0.247 e. The molecule has 7 heteroatoms. The van der Waals surface area contributed by atoms with Gasteiger partial charge in [0, 0.05) is 50.2 Å². The van der Waals surface area contributed by atoms with Gasteiger partial charge >= 0.3 is 0 Å². The zero-order chi connectivity index (χ0) is 24.6. The highest BCUT2D eigenvalue weighted by Crippen LogP contribution is 2.35. The van der Waals surface area contributed by atoms with E-state index < -0.39 is 11.9 Å². The van der Waals surface area contributed by atoms with Crippen molar-refractivity contribution in [2.45, 2.75) is 19.5 Å². The van der Waals surface area contributed by atoms with Crippen molar-refractivity contribution in [2.75, 3.05) is 5.32 Å². The second-order valence-electron chi connectivity index (χ2n) is 8.55. The third-order valence-electron chi connectivity index (χ3n) is 6.38. The number of halogens is 2. The predicted octanol–water partition coefficient (Wildman–Crippen LogP) is 7.86. The number of rotatable bonds is 6. The maximum absolute atomic E-state index is 13.9. The van der Waals surface area contributed by atoms with Crippen molar-refractivity contribution in [2.24, 2.45) is 0 Å². The molecule has 1 atom stereocenters. The summed E-state index contributed by atoms with van der Waals surface area (Å²) in [5.74, 6) is 0.322. The number of benzene rings is 4. The van der Waals surface area contributed by atoms with E-state index in [2.05, 4.69) is 57.3 Å². The Morgan fingerprint density at radius 3 is 2.47 bits per heavy atom. The summed E-state index contributed by atoms with van der Waals surface area (Å²) in [6, 6.07) is 27.9. The fourth-order valence-electron chi connectivity index (χ4n) is 4.71. The van der Waals surface area contributed by atoms with Crippen LogP contribution in [-0.4, -0.2) is 14.8 Å². The van der Waals surface area contributed by atoms with Crippen LogP contribution in [0.1, 0.15) is 24.4 Å². The van der Waals surface area contributed by atoms with Gasteiger partial charge in [0.25, 0.3) is 0 Å². The number of nitrogens with zero attached hydrogens (tertiary/aromatic N) is 3. The summed E-state index contributed by atoms with van der Waals surface area (Å²) in [5, 5.41) is 14.7. The van der Waals surface area contributed by atoms with Crippen LogP contribution in [-0.2, 0) is 6.54 Å². The molecule has 6 aromatic rings. The zero-order valence-electron chi connectivity index (χ0n) is 19.5. The quantitative estimate of drug-likeness (QED) is 0.255. The summed E-state index contributed by atoms with van der Waals surface area (Å²) in [6.45, 7) is 3.01. The lowest BCUT2D eigenvalue weighted by molar-refractivity contribution is 0.494. The molecule has 0 amide bonds. The summed E-state index contributed by atoms with van der Waals surface area (Å²) in [7, 11) is 0. The highest BCUT2D eigenvalue weighted by atomic mass is 35.5. The number of hydrogen-bond donors (Lipinski definition) is 1. The first-order chi connectivity index (χ1) is 17.6. The molecular weight excluding hydrogens is 475 g/mol. The number of aryl methyl sites for hydroxylation is 1. The molecule has 0 radical (unpaired) electrons. The molecule has 0 aliphatic rings. The monoisotopic (exact) mass is 496 g/mol. The van der Waals surface area contributed by atoms with Crippen LogP contribution in [0.5, 0.6) is 0 Å². The number of nitrogens with one attached hydrogen (secondary N) is 1. The SMILES string of the molecule is CCn1c2ccccc2c2cc(N[C@H](c3nnc(-c4ccccc4)o3)c3ccc(F)cc3Cl)ccc21. The van der Waals surface area contributed by atoms with E-state index >= 15 is 0 Å². The molecule has 2 heterocycles. The molecule has 0 spiro atoms. The fraction of sp³-hybridized carbons (Fsp3) is 0.103. The Bertz CT molecular complexity index is 1690. The summed E-state index contributed by atoms with van der Waals surface area (Å²) < 4.78 is 22.2. The molecule has 2 aromatic heterocycles. The number of fused-ring (bicyclic) bond motifs is 3. The molecule has 0 fully saturated rings. The van der Waals surface area contributed by atoms with Crippen molar-refractivity contribution in [3.63, 3.8) is 0 Å². The third kappa shape index (κ3) is 3.89. The van der Waals surface area contributed by atoms with Gasteiger partial charge in [-0.25, -0.2) is 4.39 Å². The molecule has 0 bridgehead atoms. The highest BCUT2D eigenvalue weighted by Gasteiger charge is 2.24. The average Bonchev–Trinajstić information content (AvgIpc) is 3.51. The van der Waals surface area contributed by atoms with E-state index in [0.717, 1.165) is 28.7 Å². The topological polar surface area (TPSA) is 55.9 Å². The molecule has 0 saturated heterocycles. The van der Waals surface area contributed by atoms with Crippen LogP contribution in [0.3, 0.4) is 0 Å². The summed E-state index contributed by atoms with van der Waals surface area (Å²) in [5.41, 5.74) is 4.65. The van der Waals surface area contributed by atoms with E-state index in [-0.39, 0.29) is 5.02 Å². The molecular formula is C29H22ClFN4O. The summed E-state index contributed by atoms with van der Waals surface area (Å²) >= 11 is 6.49. The van der Waals surface area contributed by atoms with Crippen LogP contribution in [0, 0.1) is 5.82 Å². The van der Waals surface area contributed by atoms with Crippen LogP contribution < -0.4 is 5.32 Å². The lowest BCUT2D eigenvalue weighted by Crippen LogP contribution is -2.13. The average molecular weight is 497 g/mol. The Morgan fingerprint density at radius 2 is 1.67 bits per heavy atom. The van der Waals surface area contributed by atoms with Crippen molar-refractivity contribution >= 4 is 39.1 Å². The molecule has 0 saturated carbocycles. The van der Waals surface area contributed by atoms with E-state index in [9.17, 15) is 4.39 Å². The van der Waals surface area contributed by atoms with Crippen molar-refractivity contribution in [3.8, 4) is 11.5 Å². The first kappa shape index (κ1) is 22.3. The van der Waals surface area contributed by atoms with Gasteiger partial charge in [-0.15, -0.1) is 10.2 Å². The summed E-state index contributed by atoms with van der Waals surface area (Å²) in [6.07, 6.45) is 0. The normalized spacial score (nSPS) is 12.3. The van der Waals surface area contributed by atoms with E-state index in [1.54, 1.807) is 6.07 Å². The third-order valence-corrected chi connectivity index (χ3v) is 6.71. The molecule has 5 nitrogen and oxygen atoms in total. The lowest BCUT2D eigenvalue weighted by Gasteiger charge is -2.18. The van der Waals surface area contributed by atoms with Crippen molar-refractivity contribution in [1.29, 1.82) is 0 Å². The minimum atomic E-state index is -0.583. The molecule has 0 aliphatic heterocycles. The van der Waals surface area contributed by atoms with Crippen LogP contribution in [0.4, 0.5) is 10.1 Å². The molecule has 0 aliphatic carbocycles. The minimum absolute atomic E-state index is 0.274.